The average Bonchev–Trinajstić information content (AvgIpc) is 2.34. The van der Waals surface area contributed by atoms with Crippen molar-refractivity contribution in [3.63, 3.8) is 0 Å². The molecule has 1 heterocycles. The molecule has 0 aliphatic carbocycles. The highest BCUT2D eigenvalue weighted by Crippen LogP contribution is 2.31. The second-order valence-corrected chi connectivity index (χ2v) is 5.31. The van der Waals surface area contributed by atoms with Gasteiger partial charge in [0.05, 0.1) is 7.11 Å². The fraction of sp³-hybridized carbons (Fsp3) is 0.769. The summed E-state index contributed by atoms with van der Waals surface area (Å²) in [5.74, 6) is 1.29. The highest BCUT2D eigenvalue weighted by molar-refractivity contribution is 8.04. The zero-order valence-electron chi connectivity index (χ0n) is 11.0. The number of hydrogen-bond acceptors (Lipinski definition) is 4. The van der Waals surface area contributed by atoms with Gasteiger partial charge in [0.25, 0.3) is 0 Å². The molecule has 98 valence electrons. The zero-order valence-corrected chi connectivity index (χ0v) is 11.8. The van der Waals surface area contributed by atoms with E-state index in [0.29, 0.717) is 10.7 Å². The van der Waals surface area contributed by atoms with Crippen molar-refractivity contribution in [2.24, 2.45) is 0 Å². The quantitative estimate of drug-likeness (QED) is 0.539. The number of hydrogen-bond donors (Lipinski definition) is 0. The molecule has 0 aromatic carbocycles. The van der Waals surface area contributed by atoms with Crippen LogP contribution >= 0.6 is 11.8 Å². The van der Waals surface area contributed by atoms with Crippen LogP contribution in [0.1, 0.15) is 46.0 Å². The number of carbonyl (C=O) groups excluding carboxylic acids is 1. The van der Waals surface area contributed by atoms with Gasteiger partial charge < -0.3 is 9.47 Å². The first kappa shape index (κ1) is 14.4. The van der Waals surface area contributed by atoms with E-state index in [1.54, 1.807) is 11.8 Å². The van der Waals surface area contributed by atoms with E-state index < -0.39 is 0 Å². The SMILES string of the molecule is CCCCCCC1CSC(C(=O)OC)=C(C)O1. The molecule has 0 saturated carbocycles. The van der Waals surface area contributed by atoms with Crippen molar-refractivity contribution < 1.29 is 14.3 Å². The molecule has 0 bridgehead atoms. The van der Waals surface area contributed by atoms with Crippen LogP contribution in [0.3, 0.4) is 0 Å². The second kappa shape index (κ2) is 7.64. The minimum atomic E-state index is -0.281. The summed E-state index contributed by atoms with van der Waals surface area (Å²) < 4.78 is 10.5. The third-order valence-electron chi connectivity index (χ3n) is 2.83. The van der Waals surface area contributed by atoms with Gasteiger partial charge in [-0.1, -0.05) is 26.2 Å². The Balaban J connectivity index is 2.36. The average molecular weight is 258 g/mol. The largest absolute Gasteiger partial charge is 0.493 e. The van der Waals surface area contributed by atoms with Gasteiger partial charge in [-0.3, -0.25) is 0 Å². The number of rotatable bonds is 6. The van der Waals surface area contributed by atoms with Gasteiger partial charge in [0.1, 0.15) is 16.8 Å². The topological polar surface area (TPSA) is 35.5 Å². The summed E-state index contributed by atoms with van der Waals surface area (Å²) in [5, 5.41) is 0. The van der Waals surface area contributed by atoms with E-state index in [0.717, 1.165) is 12.2 Å². The normalized spacial score (nSPS) is 20.1. The van der Waals surface area contributed by atoms with Crippen molar-refractivity contribution in [3.8, 4) is 0 Å². The van der Waals surface area contributed by atoms with Crippen LogP contribution in [0, 0.1) is 0 Å². The summed E-state index contributed by atoms with van der Waals surface area (Å²) in [6, 6.07) is 0. The number of allylic oxidation sites excluding steroid dienone is 1. The van der Waals surface area contributed by atoms with Gasteiger partial charge in [-0.15, -0.1) is 11.8 Å². The third-order valence-corrected chi connectivity index (χ3v) is 4.11. The number of thioether (sulfide) groups is 1. The Kier molecular flexibility index (Phi) is 6.48. The van der Waals surface area contributed by atoms with Crippen molar-refractivity contribution in [1.29, 1.82) is 0 Å². The molecule has 0 spiro atoms. The maximum atomic E-state index is 11.4. The van der Waals surface area contributed by atoms with Crippen molar-refractivity contribution in [2.45, 2.75) is 52.1 Å². The maximum absolute atomic E-state index is 11.4. The Labute approximate surface area is 108 Å². The molecule has 1 unspecified atom stereocenters. The summed E-state index contributed by atoms with van der Waals surface area (Å²) in [7, 11) is 1.40. The fourth-order valence-electron chi connectivity index (χ4n) is 1.85. The monoisotopic (exact) mass is 258 g/mol. The van der Waals surface area contributed by atoms with Crippen molar-refractivity contribution in [2.75, 3.05) is 12.9 Å². The molecule has 0 radical (unpaired) electrons. The molecule has 1 atom stereocenters. The maximum Gasteiger partial charge on any atom is 0.347 e. The molecule has 1 aliphatic heterocycles. The summed E-state index contributed by atoms with van der Waals surface area (Å²) in [4.78, 5) is 12.0. The van der Waals surface area contributed by atoms with Crippen LogP contribution in [0.25, 0.3) is 0 Å². The molecule has 0 saturated heterocycles. The van der Waals surface area contributed by atoms with E-state index in [1.807, 2.05) is 6.92 Å². The van der Waals surface area contributed by atoms with Gasteiger partial charge in [0, 0.05) is 5.75 Å². The number of carbonyl (C=O) groups is 1. The minimum Gasteiger partial charge on any atom is -0.493 e. The smallest absolute Gasteiger partial charge is 0.347 e. The molecule has 0 aromatic heterocycles. The fourth-order valence-corrected chi connectivity index (χ4v) is 2.89. The Hall–Kier alpha value is -0.640. The molecule has 0 amide bonds. The summed E-state index contributed by atoms with van der Waals surface area (Å²) in [6.07, 6.45) is 6.37. The van der Waals surface area contributed by atoms with Crippen LogP contribution in [-0.4, -0.2) is 24.9 Å². The molecule has 1 rings (SSSR count). The van der Waals surface area contributed by atoms with E-state index in [-0.39, 0.29) is 12.1 Å². The molecule has 3 nitrogen and oxygen atoms in total. The predicted molar refractivity (Wildman–Crippen MR) is 70.8 cm³/mol. The predicted octanol–water partition coefficient (Wildman–Crippen LogP) is 3.49. The first-order valence-electron chi connectivity index (χ1n) is 6.27. The van der Waals surface area contributed by atoms with E-state index in [4.69, 9.17) is 9.47 Å². The summed E-state index contributed by atoms with van der Waals surface area (Å²) in [5.41, 5.74) is 0. The van der Waals surface area contributed by atoms with Gasteiger partial charge in [0.2, 0.25) is 0 Å². The number of ether oxygens (including phenoxy) is 2. The molecule has 1 aliphatic rings. The lowest BCUT2D eigenvalue weighted by atomic mass is 10.1. The van der Waals surface area contributed by atoms with Crippen LogP contribution in [-0.2, 0) is 14.3 Å². The van der Waals surface area contributed by atoms with Crippen LogP contribution in [0.2, 0.25) is 0 Å². The van der Waals surface area contributed by atoms with Crippen LogP contribution in [0.4, 0.5) is 0 Å². The highest BCUT2D eigenvalue weighted by Gasteiger charge is 2.24. The molecule has 4 heteroatoms. The number of unbranched alkanes of at least 4 members (excludes halogenated alkanes) is 3. The molecular weight excluding hydrogens is 236 g/mol. The first-order valence-corrected chi connectivity index (χ1v) is 7.26. The van der Waals surface area contributed by atoms with Gasteiger partial charge in [0.15, 0.2) is 0 Å². The Morgan fingerprint density at radius 3 is 2.82 bits per heavy atom. The summed E-state index contributed by atoms with van der Waals surface area (Å²) in [6.45, 7) is 4.06. The Morgan fingerprint density at radius 1 is 1.47 bits per heavy atom. The Bertz CT molecular complexity index is 286. The Morgan fingerprint density at radius 2 is 2.24 bits per heavy atom. The van der Waals surface area contributed by atoms with Crippen molar-refractivity contribution in [3.05, 3.63) is 10.7 Å². The van der Waals surface area contributed by atoms with Crippen LogP contribution in [0.5, 0.6) is 0 Å². The first-order chi connectivity index (χ1) is 8.19. The lowest BCUT2D eigenvalue weighted by Crippen LogP contribution is -2.22. The highest BCUT2D eigenvalue weighted by atomic mass is 32.2. The van der Waals surface area contributed by atoms with Crippen LogP contribution in [0.15, 0.2) is 10.7 Å². The zero-order chi connectivity index (χ0) is 12.7. The molecular formula is C13H22O3S. The van der Waals surface area contributed by atoms with Crippen molar-refractivity contribution >= 4 is 17.7 Å². The molecule has 17 heavy (non-hydrogen) atoms. The third kappa shape index (κ3) is 4.62. The lowest BCUT2D eigenvalue weighted by Gasteiger charge is -2.25. The molecule has 0 fully saturated rings. The minimum absolute atomic E-state index is 0.255. The number of esters is 1. The standard InChI is InChI=1S/C13H22O3S/c1-4-5-6-7-8-11-9-17-12(10(2)16-11)13(14)15-3/h11H,4-9H2,1-3H3. The molecule has 0 aromatic rings. The van der Waals surface area contributed by atoms with Gasteiger partial charge in [-0.25, -0.2) is 4.79 Å². The van der Waals surface area contributed by atoms with E-state index in [1.165, 1.54) is 32.8 Å². The second-order valence-electron chi connectivity index (χ2n) is 4.28. The van der Waals surface area contributed by atoms with Gasteiger partial charge in [-0.2, -0.15) is 0 Å². The lowest BCUT2D eigenvalue weighted by molar-refractivity contribution is -0.135. The van der Waals surface area contributed by atoms with E-state index in [2.05, 4.69) is 6.92 Å². The van der Waals surface area contributed by atoms with Crippen LogP contribution < -0.4 is 0 Å². The van der Waals surface area contributed by atoms with Crippen molar-refractivity contribution in [1.82, 2.24) is 0 Å². The van der Waals surface area contributed by atoms with Gasteiger partial charge >= 0.3 is 5.97 Å². The van der Waals surface area contributed by atoms with Gasteiger partial charge in [-0.05, 0) is 19.8 Å². The van der Waals surface area contributed by atoms with E-state index in [9.17, 15) is 4.79 Å². The number of methoxy groups -OCH3 is 1. The summed E-state index contributed by atoms with van der Waals surface area (Å²) >= 11 is 1.56. The van der Waals surface area contributed by atoms with E-state index >= 15 is 0 Å². The molecule has 0 N–H and O–H groups in total.